The van der Waals surface area contributed by atoms with E-state index in [-0.39, 0.29) is 0 Å². The Morgan fingerprint density at radius 1 is 1.67 bits per heavy atom. The molecule has 0 fully saturated rings. The minimum atomic E-state index is 0.989. The van der Waals surface area contributed by atoms with Crippen LogP contribution in [-0.2, 0) is 0 Å². The van der Waals surface area contributed by atoms with Gasteiger partial charge in [0, 0.05) is 0 Å². The Bertz CT molecular complexity index is 60.3. The minimum absolute atomic E-state index is 0.989. The Morgan fingerprint density at radius 3 is 2.50 bits per heavy atom. The lowest BCUT2D eigenvalue weighted by atomic mass is 10.4. The van der Waals surface area contributed by atoms with Gasteiger partial charge < -0.3 is 0 Å². The van der Waals surface area contributed by atoms with Crippen LogP contribution in [0.25, 0.3) is 0 Å². The summed E-state index contributed by atoms with van der Waals surface area (Å²) in [5, 5.41) is 2.05. The highest BCUT2D eigenvalue weighted by Crippen LogP contribution is 1.78. The van der Waals surface area contributed by atoms with Crippen LogP contribution in [0, 0.1) is 6.92 Å². The summed E-state index contributed by atoms with van der Waals surface area (Å²) in [6, 6.07) is 0. The van der Waals surface area contributed by atoms with Gasteiger partial charge in [0.05, 0.1) is 0 Å². The van der Waals surface area contributed by atoms with E-state index in [0.29, 0.717) is 0 Å². The summed E-state index contributed by atoms with van der Waals surface area (Å²) in [6.07, 6.45) is 2.07. The molecule has 0 aliphatic rings. The number of unbranched alkanes of at least 4 members (excludes halogenated alkanes) is 1. The van der Waals surface area contributed by atoms with E-state index in [0.717, 1.165) is 12.8 Å². The van der Waals surface area contributed by atoms with E-state index >= 15 is 0 Å². The standard InChI is InChI=1S/C5H9S/c1-3-4-5-6-2/h5H,1-4H2. The van der Waals surface area contributed by atoms with Crippen LogP contribution in [0.3, 0.4) is 0 Å². The second kappa shape index (κ2) is 4.96. The lowest BCUT2D eigenvalue weighted by Gasteiger charge is -1.72. The van der Waals surface area contributed by atoms with Crippen molar-refractivity contribution < 1.29 is 0 Å². The summed E-state index contributed by atoms with van der Waals surface area (Å²) < 4.78 is 0. The van der Waals surface area contributed by atoms with Crippen LogP contribution in [-0.4, -0.2) is 11.2 Å². The van der Waals surface area contributed by atoms with E-state index in [4.69, 9.17) is 0 Å². The Morgan fingerprint density at radius 2 is 2.33 bits per heavy atom. The second-order valence-corrected chi connectivity index (χ2v) is 1.64. The summed E-state index contributed by atoms with van der Waals surface area (Å²) >= 11 is 0. The van der Waals surface area contributed by atoms with Gasteiger partial charge in [0.15, 0.2) is 0 Å². The van der Waals surface area contributed by atoms with Crippen molar-refractivity contribution in [2.45, 2.75) is 12.8 Å². The molecule has 1 radical (unpaired) electrons. The molecule has 0 spiro atoms. The molecule has 0 aromatic carbocycles. The maximum atomic E-state index is 3.65. The molecule has 6 heavy (non-hydrogen) atoms. The van der Waals surface area contributed by atoms with Crippen LogP contribution < -0.4 is 0 Å². The first-order chi connectivity index (χ1) is 2.91. The third kappa shape index (κ3) is 3.96. The van der Waals surface area contributed by atoms with Crippen LogP contribution in [0.5, 0.6) is 0 Å². The molecule has 0 amide bonds. The fourth-order valence-corrected chi connectivity index (χ4v) is 0.500. The molecule has 1 heteroatoms. The minimum Gasteiger partial charge on any atom is -0.165 e. The Balaban J connectivity index is 2.86. The normalized spacial score (nSPS) is 7.50. The van der Waals surface area contributed by atoms with Gasteiger partial charge in [-0.15, -0.1) is 0 Å². The van der Waals surface area contributed by atoms with Gasteiger partial charge in [-0.05, 0) is 24.1 Å². The molecule has 0 N–H and O–H groups in total. The van der Waals surface area contributed by atoms with Crippen LogP contribution in [0.4, 0.5) is 0 Å². The van der Waals surface area contributed by atoms with Crippen molar-refractivity contribution >= 4 is 22.2 Å². The SMILES string of the molecule is [CH2]CCC=S=C. The Kier molecular flexibility index (Phi) is 4.93. The van der Waals surface area contributed by atoms with Crippen molar-refractivity contribution in [1.29, 1.82) is 0 Å². The number of hydrogen-bond donors (Lipinski definition) is 0. The highest BCUT2D eigenvalue weighted by Gasteiger charge is 1.64. The molecule has 0 bridgehead atoms. The fraction of sp³-hybridized carbons (Fsp3) is 0.400. The number of rotatable bonds is 2. The van der Waals surface area contributed by atoms with Gasteiger partial charge in [0.1, 0.15) is 0 Å². The second-order valence-electron chi connectivity index (χ2n) is 0.976. The Labute approximate surface area is 42.7 Å². The maximum Gasteiger partial charge on any atom is -0.0254 e. The molecular formula is C5H9S. The van der Waals surface area contributed by atoms with Crippen LogP contribution in [0.2, 0.25) is 0 Å². The van der Waals surface area contributed by atoms with Gasteiger partial charge in [0.2, 0.25) is 0 Å². The average Bonchev–Trinajstić information content (AvgIpc) is 1.61. The zero-order valence-corrected chi connectivity index (χ0v) is 4.63. The smallest absolute Gasteiger partial charge is 0.0254 e. The van der Waals surface area contributed by atoms with Gasteiger partial charge >= 0.3 is 0 Å². The lowest BCUT2D eigenvalue weighted by Crippen LogP contribution is -1.62. The first-order valence-corrected chi connectivity index (χ1v) is 2.98. The third-order valence-corrected chi connectivity index (χ3v) is 0.911. The first kappa shape index (κ1) is 5.96. The predicted octanol–water partition coefficient (Wildman–Crippen LogP) is 1.57. The molecule has 0 heterocycles. The first-order valence-electron chi connectivity index (χ1n) is 1.93. The molecular weight excluding hydrogens is 92.1 g/mol. The molecule has 0 aromatic heterocycles. The molecule has 0 aliphatic heterocycles. The molecule has 35 valence electrons. The third-order valence-electron chi connectivity index (χ3n) is 0.440. The van der Waals surface area contributed by atoms with Crippen LogP contribution in [0.1, 0.15) is 12.8 Å². The van der Waals surface area contributed by atoms with E-state index < -0.39 is 0 Å². The van der Waals surface area contributed by atoms with Gasteiger partial charge in [-0.1, -0.05) is 6.92 Å². The van der Waals surface area contributed by atoms with E-state index in [1.165, 1.54) is 10.9 Å². The van der Waals surface area contributed by atoms with E-state index in [9.17, 15) is 0 Å². The summed E-state index contributed by atoms with van der Waals surface area (Å²) in [4.78, 5) is 0. The van der Waals surface area contributed by atoms with Crippen LogP contribution in [0.15, 0.2) is 0 Å². The molecule has 0 nitrogen and oxygen atoms in total. The zero-order valence-electron chi connectivity index (χ0n) is 3.81. The molecule has 0 rings (SSSR count). The molecule has 0 aliphatic carbocycles. The highest BCUT2D eigenvalue weighted by molar-refractivity contribution is 7.94. The lowest BCUT2D eigenvalue weighted by molar-refractivity contribution is 1.13. The average molecular weight is 101 g/mol. The van der Waals surface area contributed by atoms with Gasteiger partial charge in [0.25, 0.3) is 0 Å². The fourth-order valence-electron chi connectivity index (χ4n) is 0.167. The van der Waals surface area contributed by atoms with E-state index in [1.807, 2.05) is 5.37 Å². The van der Waals surface area contributed by atoms with Gasteiger partial charge in [-0.25, -0.2) is 0 Å². The summed E-state index contributed by atoms with van der Waals surface area (Å²) in [5.41, 5.74) is 0. The van der Waals surface area contributed by atoms with Crippen molar-refractivity contribution in [3.8, 4) is 0 Å². The maximum absolute atomic E-state index is 3.65. The molecule has 0 atom stereocenters. The Hall–Kier alpha value is -0.0400. The molecule has 0 saturated heterocycles. The molecule has 0 aromatic rings. The molecule has 0 unspecified atom stereocenters. The van der Waals surface area contributed by atoms with E-state index in [1.54, 1.807) is 0 Å². The van der Waals surface area contributed by atoms with Crippen molar-refractivity contribution in [2.75, 3.05) is 0 Å². The number of hydrogen-bond acceptors (Lipinski definition) is 0. The zero-order chi connectivity index (χ0) is 4.83. The summed E-state index contributed by atoms with van der Waals surface area (Å²) in [5.74, 6) is 3.56. The van der Waals surface area contributed by atoms with Gasteiger partial charge in [-0.3, -0.25) is 0 Å². The van der Waals surface area contributed by atoms with Crippen LogP contribution >= 0.6 is 10.9 Å². The highest BCUT2D eigenvalue weighted by atomic mass is 32.1. The van der Waals surface area contributed by atoms with Gasteiger partial charge in [-0.2, -0.15) is 10.9 Å². The van der Waals surface area contributed by atoms with E-state index in [2.05, 4.69) is 12.8 Å². The van der Waals surface area contributed by atoms with Crippen molar-refractivity contribution in [3.63, 3.8) is 0 Å². The topological polar surface area (TPSA) is 0 Å². The summed E-state index contributed by atoms with van der Waals surface area (Å²) in [7, 11) is 1.51. The quantitative estimate of drug-likeness (QED) is 0.463. The predicted molar refractivity (Wildman–Crippen MR) is 35.4 cm³/mol. The van der Waals surface area contributed by atoms with Crippen molar-refractivity contribution in [3.05, 3.63) is 6.92 Å². The van der Waals surface area contributed by atoms with Crippen molar-refractivity contribution in [1.82, 2.24) is 0 Å². The largest absolute Gasteiger partial charge is 0.165 e. The monoisotopic (exact) mass is 101 g/mol. The van der Waals surface area contributed by atoms with Crippen molar-refractivity contribution in [2.24, 2.45) is 0 Å². The molecule has 0 saturated carbocycles. The summed E-state index contributed by atoms with van der Waals surface area (Å²) in [6.45, 7) is 3.65.